The van der Waals surface area contributed by atoms with Gasteiger partial charge in [0.25, 0.3) is 11.5 Å². The van der Waals surface area contributed by atoms with Crippen LogP contribution in [-0.2, 0) is 0 Å². The second kappa shape index (κ2) is 9.65. The predicted molar refractivity (Wildman–Crippen MR) is 118 cm³/mol. The summed E-state index contributed by atoms with van der Waals surface area (Å²) in [5.74, 6) is -0.237. The smallest absolute Gasteiger partial charge is 0.292 e. The molecule has 9 heteroatoms. The van der Waals surface area contributed by atoms with Gasteiger partial charge in [0.15, 0.2) is 0 Å². The fourth-order valence-corrected chi connectivity index (χ4v) is 3.09. The van der Waals surface area contributed by atoms with Crippen LogP contribution in [0.15, 0.2) is 53.5 Å². The molecule has 0 aliphatic carbocycles. The van der Waals surface area contributed by atoms with Gasteiger partial charge in [0, 0.05) is 23.7 Å². The molecule has 0 atom stereocenters. The summed E-state index contributed by atoms with van der Waals surface area (Å²) in [6.07, 6.45) is 2.07. The highest BCUT2D eigenvalue weighted by molar-refractivity contribution is 6.33. The number of carbonyl (C=O) groups is 1. The van der Waals surface area contributed by atoms with E-state index in [4.69, 9.17) is 23.2 Å². The van der Waals surface area contributed by atoms with Crippen LogP contribution in [0.1, 0.15) is 22.3 Å². The molecule has 1 aromatic heterocycles. The van der Waals surface area contributed by atoms with Crippen molar-refractivity contribution in [3.63, 3.8) is 0 Å². The van der Waals surface area contributed by atoms with E-state index in [1.807, 2.05) is 6.92 Å². The Labute approximate surface area is 183 Å². The molecule has 3 N–H and O–H groups in total. The van der Waals surface area contributed by atoms with Gasteiger partial charge in [-0.3, -0.25) is 9.59 Å². The minimum absolute atomic E-state index is 0.0190. The highest BCUT2D eigenvalue weighted by Gasteiger charge is 2.11. The third kappa shape index (κ3) is 5.11. The first kappa shape index (κ1) is 21.7. The molecule has 0 spiro atoms. The maximum atomic E-state index is 12.6. The number of benzene rings is 2. The summed E-state index contributed by atoms with van der Waals surface area (Å²) in [6.45, 7) is 2.75. The van der Waals surface area contributed by atoms with Crippen LogP contribution >= 0.6 is 23.2 Å². The standard InChI is InChI=1S/C21H20Cl2N4O3/c1-13-6-7-15(11-17(13)22)27-21(30)19(23)18(12-26-27)24-8-3-9-25-20(29)14-4-2-5-16(28)10-14/h2,4-7,10-12,24,28H,3,8-9H2,1H3,(H,25,29). The van der Waals surface area contributed by atoms with Crippen molar-refractivity contribution >= 4 is 34.8 Å². The Kier molecular flexibility index (Phi) is 6.97. The van der Waals surface area contributed by atoms with Crippen molar-refractivity contribution in [3.8, 4) is 11.4 Å². The molecule has 7 nitrogen and oxygen atoms in total. The molecule has 0 radical (unpaired) electrons. The van der Waals surface area contributed by atoms with Gasteiger partial charge in [-0.25, -0.2) is 0 Å². The van der Waals surface area contributed by atoms with Crippen LogP contribution in [0, 0.1) is 6.92 Å². The Morgan fingerprint density at radius 2 is 1.97 bits per heavy atom. The highest BCUT2D eigenvalue weighted by atomic mass is 35.5. The molecule has 30 heavy (non-hydrogen) atoms. The van der Waals surface area contributed by atoms with Gasteiger partial charge in [0.2, 0.25) is 0 Å². The van der Waals surface area contributed by atoms with Crippen molar-refractivity contribution in [1.82, 2.24) is 15.1 Å². The monoisotopic (exact) mass is 446 g/mol. The number of carbonyl (C=O) groups excluding carboxylic acids is 1. The van der Waals surface area contributed by atoms with Crippen LogP contribution in [0.4, 0.5) is 5.69 Å². The van der Waals surface area contributed by atoms with E-state index in [-0.39, 0.29) is 16.7 Å². The summed E-state index contributed by atoms with van der Waals surface area (Å²) in [5, 5.41) is 19.9. The van der Waals surface area contributed by atoms with Crippen LogP contribution < -0.4 is 16.2 Å². The molecule has 1 amide bonds. The number of amides is 1. The number of hydrogen-bond donors (Lipinski definition) is 3. The number of aromatic nitrogens is 2. The van der Waals surface area contributed by atoms with E-state index in [1.165, 1.54) is 23.0 Å². The number of phenols is 1. The minimum atomic E-state index is -0.459. The fourth-order valence-electron chi connectivity index (χ4n) is 2.72. The fraction of sp³-hybridized carbons (Fsp3) is 0.190. The summed E-state index contributed by atoms with van der Waals surface area (Å²) in [7, 11) is 0. The summed E-state index contributed by atoms with van der Waals surface area (Å²) in [4.78, 5) is 24.6. The molecule has 0 saturated carbocycles. The maximum absolute atomic E-state index is 12.6. The zero-order valence-corrected chi connectivity index (χ0v) is 17.7. The van der Waals surface area contributed by atoms with Crippen LogP contribution in [0.5, 0.6) is 5.75 Å². The Bertz CT molecular complexity index is 1130. The van der Waals surface area contributed by atoms with Crippen molar-refractivity contribution in [1.29, 1.82) is 0 Å². The van der Waals surface area contributed by atoms with E-state index < -0.39 is 5.56 Å². The van der Waals surface area contributed by atoms with Gasteiger partial charge >= 0.3 is 0 Å². The predicted octanol–water partition coefficient (Wildman–Crippen LogP) is 3.79. The third-order valence-corrected chi connectivity index (χ3v) is 5.15. The number of rotatable bonds is 7. The van der Waals surface area contributed by atoms with Crippen LogP contribution in [-0.4, -0.2) is 33.9 Å². The number of nitrogens with one attached hydrogen (secondary N) is 2. The molecule has 0 bridgehead atoms. The first-order valence-corrected chi connectivity index (χ1v) is 9.98. The number of aromatic hydroxyl groups is 1. The van der Waals surface area contributed by atoms with E-state index in [0.29, 0.717) is 41.5 Å². The van der Waals surface area contributed by atoms with Crippen LogP contribution in [0.2, 0.25) is 10.0 Å². The largest absolute Gasteiger partial charge is 0.508 e. The molecule has 3 rings (SSSR count). The van der Waals surface area contributed by atoms with Crippen molar-refractivity contribution in [2.75, 3.05) is 18.4 Å². The molecule has 3 aromatic rings. The molecular weight excluding hydrogens is 427 g/mol. The normalized spacial score (nSPS) is 10.6. The first-order valence-electron chi connectivity index (χ1n) is 9.22. The molecule has 0 aliphatic heterocycles. The van der Waals surface area contributed by atoms with E-state index >= 15 is 0 Å². The van der Waals surface area contributed by atoms with Gasteiger partial charge in [0.1, 0.15) is 10.8 Å². The summed E-state index contributed by atoms with van der Waals surface area (Å²) in [5.41, 5.74) is 1.76. The van der Waals surface area contributed by atoms with E-state index in [0.717, 1.165) is 5.56 Å². The van der Waals surface area contributed by atoms with E-state index in [9.17, 15) is 14.7 Å². The number of halogens is 2. The molecule has 0 unspecified atom stereocenters. The SMILES string of the molecule is Cc1ccc(-n2ncc(NCCCNC(=O)c3cccc(O)c3)c(Cl)c2=O)cc1Cl. The molecular formula is C21H20Cl2N4O3. The average molecular weight is 447 g/mol. The zero-order chi connectivity index (χ0) is 21.7. The van der Waals surface area contributed by atoms with Crippen molar-refractivity contribution in [2.24, 2.45) is 0 Å². The van der Waals surface area contributed by atoms with Gasteiger partial charge < -0.3 is 15.7 Å². The summed E-state index contributed by atoms with van der Waals surface area (Å²) < 4.78 is 1.19. The molecule has 0 aliphatic rings. The number of phenolic OH excluding ortho intramolecular Hbond substituents is 1. The highest BCUT2D eigenvalue weighted by Crippen LogP contribution is 2.20. The number of aryl methyl sites for hydroxylation is 1. The molecule has 0 saturated heterocycles. The first-order chi connectivity index (χ1) is 14.4. The second-order valence-corrected chi connectivity index (χ2v) is 7.39. The lowest BCUT2D eigenvalue weighted by Gasteiger charge is -2.11. The van der Waals surface area contributed by atoms with Gasteiger partial charge in [0.05, 0.1) is 17.6 Å². The van der Waals surface area contributed by atoms with E-state index in [1.54, 1.807) is 30.3 Å². The summed E-state index contributed by atoms with van der Waals surface area (Å²) in [6, 6.07) is 11.3. The maximum Gasteiger partial charge on any atom is 0.292 e. The molecule has 2 aromatic carbocycles. The van der Waals surface area contributed by atoms with Crippen molar-refractivity contribution in [3.05, 3.63) is 80.2 Å². The quantitative estimate of drug-likeness (QED) is 0.479. The van der Waals surface area contributed by atoms with Gasteiger partial charge in [-0.2, -0.15) is 9.78 Å². The number of nitrogens with zero attached hydrogens (tertiary/aromatic N) is 2. The zero-order valence-electron chi connectivity index (χ0n) is 16.2. The molecule has 1 heterocycles. The Hall–Kier alpha value is -3.03. The Morgan fingerprint density at radius 1 is 1.17 bits per heavy atom. The van der Waals surface area contributed by atoms with Gasteiger partial charge in [-0.15, -0.1) is 0 Å². The molecule has 0 fully saturated rings. The second-order valence-electron chi connectivity index (χ2n) is 6.61. The van der Waals surface area contributed by atoms with E-state index in [2.05, 4.69) is 15.7 Å². The Morgan fingerprint density at radius 3 is 2.70 bits per heavy atom. The minimum Gasteiger partial charge on any atom is -0.508 e. The van der Waals surface area contributed by atoms with Crippen LogP contribution in [0.3, 0.4) is 0 Å². The lowest BCUT2D eigenvalue weighted by Crippen LogP contribution is -2.26. The summed E-state index contributed by atoms with van der Waals surface area (Å²) >= 11 is 12.3. The molecule has 156 valence electrons. The number of hydrogen-bond acceptors (Lipinski definition) is 5. The van der Waals surface area contributed by atoms with Gasteiger partial charge in [-0.05, 0) is 49.2 Å². The number of anilines is 1. The lowest BCUT2D eigenvalue weighted by atomic mass is 10.2. The Balaban J connectivity index is 1.56. The van der Waals surface area contributed by atoms with Gasteiger partial charge in [-0.1, -0.05) is 35.3 Å². The van der Waals surface area contributed by atoms with Crippen molar-refractivity contribution in [2.45, 2.75) is 13.3 Å². The third-order valence-electron chi connectivity index (χ3n) is 4.38. The lowest BCUT2D eigenvalue weighted by molar-refractivity contribution is 0.0953. The average Bonchev–Trinajstić information content (AvgIpc) is 2.73. The van der Waals surface area contributed by atoms with Crippen molar-refractivity contribution < 1.29 is 9.90 Å². The van der Waals surface area contributed by atoms with Crippen LogP contribution in [0.25, 0.3) is 5.69 Å². The topological polar surface area (TPSA) is 96.2 Å².